The molecule has 33 heavy (non-hydrogen) atoms. The number of benzene rings is 2. The van der Waals surface area contributed by atoms with E-state index in [1.165, 1.54) is 25.7 Å². The second kappa shape index (κ2) is 8.82. The van der Waals surface area contributed by atoms with E-state index < -0.39 is 17.1 Å². The first-order valence-electron chi connectivity index (χ1n) is 12.2. The number of aliphatic carboxylic acids is 1. The number of piperidine rings is 2. The summed E-state index contributed by atoms with van der Waals surface area (Å²) < 4.78 is 6.26. The van der Waals surface area contributed by atoms with E-state index in [1.807, 2.05) is 36.4 Å². The molecule has 1 atom stereocenters. The fourth-order valence-electron chi connectivity index (χ4n) is 5.94. The average molecular weight is 448 g/mol. The summed E-state index contributed by atoms with van der Waals surface area (Å²) in [6, 6.07) is 21.2. The van der Waals surface area contributed by atoms with Crippen LogP contribution in [-0.2, 0) is 14.9 Å². The third-order valence-corrected chi connectivity index (χ3v) is 7.95. The Morgan fingerprint density at radius 2 is 1.70 bits per heavy atom. The van der Waals surface area contributed by atoms with Crippen LogP contribution in [0.5, 0.6) is 0 Å². The monoisotopic (exact) mass is 447 g/mol. The molecule has 1 unspecified atom stereocenters. The van der Waals surface area contributed by atoms with Crippen LogP contribution in [0.3, 0.4) is 0 Å². The molecule has 0 amide bonds. The number of carbonyl (C=O) groups is 1. The Morgan fingerprint density at radius 3 is 2.15 bits per heavy atom. The van der Waals surface area contributed by atoms with Crippen LogP contribution >= 0.6 is 0 Å². The van der Waals surface area contributed by atoms with E-state index in [0.717, 1.165) is 36.6 Å². The summed E-state index contributed by atoms with van der Waals surface area (Å²) in [7, 11) is 0. The smallest absolute Gasteiger partial charge is 0.371 e. The molecule has 2 saturated heterocycles. The van der Waals surface area contributed by atoms with Crippen molar-refractivity contribution < 1.29 is 14.6 Å². The number of ether oxygens (including phenoxy) is 1. The normalized spacial score (nSPS) is 27.0. The molecular formula is C27H33N3O3. The third kappa shape index (κ3) is 3.80. The molecule has 0 radical (unpaired) electrons. The Hall–Kier alpha value is -2.86. The van der Waals surface area contributed by atoms with E-state index in [-0.39, 0.29) is 6.42 Å². The van der Waals surface area contributed by atoms with Gasteiger partial charge in [0.2, 0.25) is 5.90 Å². The number of hydrogen-bond donors (Lipinski definition) is 2. The molecule has 0 spiro atoms. The number of fused-ring (bicyclic) bond motifs is 3. The quantitative estimate of drug-likeness (QED) is 0.629. The van der Waals surface area contributed by atoms with Gasteiger partial charge in [-0.2, -0.15) is 0 Å². The molecule has 2 N–H and O–H groups in total. The number of nitrogens with one attached hydrogen (secondary N) is 1. The second-order valence-electron chi connectivity index (χ2n) is 9.67. The lowest BCUT2D eigenvalue weighted by atomic mass is 9.71. The molecule has 0 aromatic heterocycles. The molecule has 1 saturated carbocycles. The summed E-state index contributed by atoms with van der Waals surface area (Å²) in [5.41, 5.74) is 2.75. The largest absolute Gasteiger partial charge is 0.477 e. The zero-order chi connectivity index (χ0) is 22.9. The fourth-order valence-corrected chi connectivity index (χ4v) is 5.94. The predicted molar refractivity (Wildman–Crippen MR) is 128 cm³/mol. The van der Waals surface area contributed by atoms with Crippen molar-refractivity contribution in [1.82, 2.24) is 10.3 Å². The van der Waals surface area contributed by atoms with Crippen molar-refractivity contribution >= 4 is 11.9 Å². The standard InChI is InChI=1S/C27H33N3O3/c1-2-27(25(31)32)29-28-24(33-27)26(21-9-5-3-6-10-21,22-11-7-4-8-12-22)17-18-30-19-20-13-15-23(30)16-14-20/h3-12,20,23,29H,2,13-19H2,1H3,(H,31,32). The molecule has 2 aromatic carbocycles. The molecule has 6 heteroatoms. The maximum absolute atomic E-state index is 12.1. The van der Waals surface area contributed by atoms with Gasteiger partial charge >= 0.3 is 5.97 Å². The molecule has 1 aliphatic carbocycles. The van der Waals surface area contributed by atoms with Crippen LogP contribution in [-0.4, -0.2) is 46.7 Å². The molecule has 3 fully saturated rings. The first-order chi connectivity index (χ1) is 16.1. The summed E-state index contributed by atoms with van der Waals surface area (Å²) in [4.78, 5) is 14.8. The highest BCUT2D eigenvalue weighted by Crippen LogP contribution is 2.42. The van der Waals surface area contributed by atoms with Gasteiger partial charge in [-0.3, -0.25) is 5.43 Å². The summed E-state index contributed by atoms with van der Waals surface area (Å²) in [6.45, 7) is 3.88. The Balaban J connectivity index is 1.57. The average Bonchev–Trinajstić information content (AvgIpc) is 3.33. The van der Waals surface area contributed by atoms with Gasteiger partial charge in [0.05, 0.1) is 5.41 Å². The number of carboxylic acid groups (broad SMARTS) is 1. The minimum Gasteiger partial charge on any atom is -0.477 e. The number of hydrogen-bond acceptors (Lipinski definition) is 5. The SMILES string of the molecule is CCC1(C(=O)O)NN=C(C(CCN2CC3CCC2CC3)(c2ccccc2)c2ccccc2)O1. The second-order valence-corrected chi connectivity index (χ2v) is 9.67. The van der Waals surface area contributed by atoms with Gasteiger partial charge in [-0.05, 0) is 49.1 Å². The molecular weight excluding hydrogens is 414 g/mol. The predicted octanol–water partition coefficient (Wildman–Crippen LogP) is 4.36. The maximum Gasteiger partial charge on any atom is 0.371 e. The topological polar surface area (TPSA) is 74.2 Å². The third-order valence-electron chi connectivity index (χ3n) is 7.95. The van der Waals surface area contributed by atoms with Crippen LogP contribution in [0, 0.1) is 5.92 Å². The molecule has 6 nitrogen and oxygen atoms in total. The lowest BCUT2D eigenvalue weighted by molar-refractivity contribution is -0.158. The van der Waals surface area contributed by atoms with Crippen LogP contribution in [0.2, 0.25) is 0 Å². The van der Waals surface area contributed by atoms with Crippen molar-refractivity contribution in [3.63, 3.8) is 0 Å². The highest BCUT2D eigenvalue weighted by atomic mass is 16.6. The van der Waals surface area contributed by atoms with Crippen LogP contribution in [0.4, 0.5) is 0 Å². The van der Waals surface area contributed by atoms with E-state index >= 15 is 0 Å². The van der Waals surface area contributed by atoms with Crippen LogP contribution in [0.15, 0.2) is 65.8 Å². The van der Waals surface area contributed by atoms with Crippen LogP contribution in [0.25, 0.3) is 0 Å². The van der Waals surface area contributed by atoms with Gasteiger partial charge in [0.25, 0.3) is 5.72 Å². The van der Waals surface area contributed by atoms with Crippen molar-refractivity contribution in [2.45, 2.75) is 62.6 Å². The van der Waals surface area contributed by atoms with Crippen molar-refractivity contribution in [2.24, 2.45) is 11.0 Å². The number of rotatable bonds is 8. The van der Waals surface area contributed by atoms with Gasteiger partial charge in [-0.15, -0.1) is 5.10 Å². The zero-order valence-corrected chi connectivity index (χ0v) is 19.2. The summed E-state index contributed by atoms with van der Waals surface area (Å²) in [5, 5.41) is 14.5. The molecule has 2 aromatic rings. The van der Waals surface area contributed by atoms with Gasteiger partial charge in [0.1, 0.15) is 0 Å². The molecule has 4 aliphatic rings. The number of nitrogens with zero attached hydrogens (tertiary/aromatic N) is 2. The van der Waals surface area contributed by atoms with Crippen molar-refractivity contribution in [2.75, 3.05) is 13.1 Å². The minimum absolute atomic E-state index is 0.269. The number of hydrazone groups is 1. The minimum atomic E-state index is -1.53. The van der Waals surface area contributed by atoms with E-state index in [4.69, 9.17) is 4.74 Å². The lowest BCUT2D eigenvalue weighted by Crippen LogP contribution is -2.52. The molecule has 6 rings (SSSR count). The Labute approximate surface area is 195 Å². The molecule has 3 heterocycles. The molecule has 174 valence electrons. The van der Waals surface area contributed by atoms with E-state index in [9.17, 15) is 9.90 Å². The Bertz CT molecular complexity index is 962. The zero-order valence-electron chi connectivity index (χ0n) is 19.2. The highest BCUT2D eigenvalue weighted by molar-refractivity contribution is 5.96. The van der Waals surface area contributed by atoms with Gasteiger partial charge in [0.15, 0.2) is 0 Å². The van der Waals surface area contributed by atoms with Crippen LogP contribution in [0.1, 0.15) is 56.6 Å². The van der Waals surface area contributed by atoms with E-state index in [0.29, 0.717) is 11.9 Å². The lowest BCUT2D eigenvalue weighted by Gasteiger charge is -2.47. The summed E-state index contributed by atoms with van der Waals surface area (Å²) in [6.07, 6.45) is 6.30. The van der Waals surface area contributed by atoms with E-state index in [2.05, 4.69) is 39.7 Å². The first kappa shape index (κ1) is 22.0. The summed E-state index contributed by atoms with van der Waals surface area (Å²) in [5.74, 6) is 0.192. The molecule has 2 bridgehead atoms. The van der Waals surface area contributed by atoms with Gasteiger partial charge in [0, 0.05) is 25.6 Å². The van der Waals surface area contributed by atoms with Gasteiger partial charge < -0.3 is 14.7 Å². The fraction of sp³-hybridized carbons (Fsp3) is 0.481. The van der Waals surface area contributed by atoms with Gasteiger partial charge in [-0.25, -0.2) is 4.79 Å². The summed E-state index contributed by atoms with van der Waals surface area (Å²) >= 11 is 0. The van der Waals surface area contributed by atoms with Crippen molar-refractivity contribution in [1.29, 1.82) is 0 Å². The van der Waals surface area contributed by atoms with E-state index in [1.54, 1.807) is 6.92 Å². The van der Waals surface area contributed by atoms with Crippen molar-refractivity contribution in [3.05, 3.63) is 71.8 Å². The molecule has 3 aliphatic heterocycles. The van der Waals surface area contributed by atoms with Crippen LogP contribution < -0.4 is 5.43 Å². The van der Waals surface area contributed by atoms with Crippen molar-refractivity contribution in [3.8, 4) is 0 Å². The van der Waals surface area contributed by atoms with Gasteiger partial charge in [-0.1, -0.05) is 67.6 Å². The maximum atomic E-state index is 12.1. The Morgan fingerprint density at radius 1 is 1.09 bits per heavy atom. The Kier molecular flexibility index (Phi) is 5.87. The number of carboxylic acids is 1. The first-order valence-corrected chi connectivity index (χ1v) is 12.2. The highest BCUT2D eigenvalue weighted by Gasteiger charge is 2.52.